The van der Waals surface area contributed by atoms with Crippen LogP contribution in [0.5, 0.6) is 5.75 Å². The Bertz CT molecular complexity index is 892. The molecule has 0 aliphatic heterocycles. The molecule has 4 nitrogen and oxygen atoms in total. The summed E-state index contributed by atoms with van der Waals surface area (Å²) in [5, 5.41) is 3.71. The maximum absolute atomic E-state index is 12.4. The predicted molar refractivity (Wildman–Crippen MR) is 98.4 cm³/mol. The molecule has 0 radical (unpaired) electrons. The minimum Gasteiger partial charge on any atom is -0.434 e. The number of halogens is 2. The molecule has 26 heavy (non-hydrogen) atoms. The van der Waals surface area contributed by atoms with Crippen molar-refractivity contribution in [2.45, 2.75) is 13.0 Å². The highest BCUT2D eigenvalue weighted by molar-refractivity contribution is 7.18. The van der Waals surface area contributed by atoms with Gasteiger partial charge in [-0.05, 0) is 24.3 Å². The number of fused-ring (bicyclic) bond motifs is 1. The standard InChI is InChI=1S/C19H16F2N2O2S/c20-19(21)25-15-7-3-1-5-13(15)9-10-17(24)22-12-11-18-23-14-6-2-4-8-16(14)26-18/h1-10,19H,11-12H2,(H,22,24)/b10-9+. The van der Waals surface area contributed by atoms with Crippen molar-refractivity contribution >= 4 is 33.5 Å². The first kappa shape index (κ1) is 18.0. The fraction of sp³-hybridized carbons (Fsp3) is 0.158. The molecule has 0 saturated heterocycles. The van der Waals surface area contributed by atoms with Crippen LogP contribution >= 0.6 is 11.3 Å². The van der Waals surface area contributed by atoms with Crippen LogP contribution in [0.15, 0.2) is 54.6 Å². The van der Waals surface area contributed by atoms with Crippen molar-refractivity contribution in [2.75, 3.05) is 6.54 Å². The van der Waals surface area contributed by atoms with Gasteiger partial charge >= 0.3 is 6.61 Å². The van der Waals surface area contributed by atoms with Crippen molar-refractivity contribution in [2.24, 2.45) is 0 Å². The highest BCUT2D eigenvalue weighted by Crippen LogP contribution is 2.22. The molecule has 134 valence electrons. The van der Waals surface area contributed by atoms with Crippen LogP contribution in [-0.2, 0) is 11.2 Å². The van der Waals surface area contributed by atoms with Gasteiger partial charge in [-0.1, -0.05) is 30.3 Å². The summed E-state index contributed by atoms with van der Waals surface area (Å²) in [6, 6.07) is 14.2. The number of benzene rings is 2. The van der Waals surface area contributed by atoms with Gasteiger partial charge in [0.1, 0.15) is 5.75 Å². The van der Waals surface area contributed by atoms with Gasteiger partial charge in [0.25, 0.3) is 0 Å². The minimum absolute atomic E-state index is 0.0287. The van der Waals surface area contributed by atoms with E-state index in [0.29, 0.717) is 18.5 Å². The van der Waals surface area contributed by atoms with Gasteiger partial charge in [-0.15, -0.1) is 11.3 Å². The van der Waals surface area contributed by atoms with Gasteiger partial charge in [0.2, 0.25) is 5.91 Å². The van der Waals surface area contributed by atoms with Crippen molar-refractivity contribution in [3.8, 4) is 5.75 Å². The number of aromatic nitrogens is 1. The van der Waals surface area contributed by atoms with Crippen LogP contribution < -0.4 is 10.1 Å². The van der Waals surface area contributed by atoms with E-state index in [0.717, 1.165) is 15.2 Å². The fourth-order valence-electron chi connectivity index (χ4n) is 2.37. The number of para-hydroxylation sites is 2. The van der Waals surface area contributed by atoms with Crippen LogP contribution in [0.4, 0.5) is 8.78 Å². The molecule has 3 aromatic rings. The summed E-state index contributed by atoms with van der Waals surface area (Å²) >= 11 is 1.60. The lowest BCUT2D eigenvalue weighted by Crippen LogP contribution is -2.23. The summed E-state index contributed by atoms with van der Waals surface area (Å²) in [6.07, 6.45) is 3.38. The number of alkyl halides is 2. The number of thiazole rings is 1. The molecule has 0 bridgehead atoms. The van der Waals surface area contributed by atoms with E-state index in [-0.39, 0.29) is 11.7 Å². The summed E-state index contributed by atoms with van der Waals surface area (Å²) in [6.45, 7) is -2.47. The molecule has 0 atom stereocenters. The Labute approximate surface area is 153 Å². The molecule has 1 aromatic heterocycles. The van der Waals surface area contributed by atoms with Crippen LogP contribution in [0.1, 0.15) is 10.6 Å². The number of amides is 1. The third-order valence-electron chi connectivity index (χ3n) is 3.53. The van der Waals surface area contributed by atoms with Gasteiger partial charge in [-0.2, -0.15) is 8.78 Å². The second kappa shape index (κ2) is 8.53. The largest absolute Gasteiger partial charge is 0.434 e. The number of ether oxygens (including phenoxy) is 1. The average Bonchev–Trinajstić information content (AvgIpc) is 3.03. The van der Waals surface area contributed by atoms with E-state index in [4.69, 9.17) is 0 Å². The number of nitrogens with zero attached hydrogens (tertiary/aromatic N) is 1. The molecule has 0 aliphatic carbocycles. The zero-order valence-corrected chi connectivity index (χ0v) is 14.5. The summed E-state index contributed by atoms with van der Waals surface area (Å²) in [4.78, 5) is 16.4. The molecule has 0 fully saturated rings. The lowest BCUT2D eigenvalue weighted by molar-refractivity contribution is -0.116. The Balaban J connectivity index is 1.53. The molecule has 1 N–H and O–H groups in total. The van der Waals surface area contributed by atoms with E-state index in [1.165, 1.54) is 18.2 Å². The van der Waals surface area contributed by atoms with Crippen LogP contribution in [0, 0.1) is 0 Å². The van der Waals surface area contributed by atoms with E-state index in [1.54, 1.807) is 29.5 Å². The van der Waals surface area contributed by atoms with Crippen LogP contribution in [-0.4, -0.2) is 24.0 Å². The smallest absolute Gasteiger partial charge is 0.387 e. The second-order valence-electron chi connectivity index (χ2n) is 5.37. The molecule has 2 aromatic carbocycles. The van der Waals surface area contributed by atoms with Gasteiger partial charge in [0.15, 0.2) is 0 Å². The average molecular weight is 374 g/mol. The summed E-state index contributed by atoms with van der Waals surface area (Å²) in [7, 11) is 0. The van der Waals surface area contributed by atoms with Crippen molar-refractivity contribution in [1.82, 2.24) is 10.3 Å². The molecule has 7 heteroatoms. The van der Waals surface area contributed by atoms with Gasteiger partial charge in [-0.3, -0.25) is 4.79 Å². The number of rotatable bonds is 7. The summed E-state index contributed by atoms with van der Waals surface area (Å²) in [5.74, 6) is -0.279. The highest BCUT2D eigenvalue weighted by atomic mass is 32.1. The first-order valence-electron chi connectivity index (χ1n) is 7.96. The van der Waals surface area contributed by atoms with Crippen LogP contribution in [0.2, 0.25) is 0 Å². The van der Waals surface area contributed by atoms with Crippen LogP contribution in [0.25, 0.3) is 16.3 Å². The monoisotopic (exact) mass is 374 g/mol. The molecule has 1 heterocycles. The Morgan fingerprint density at radius 3 is 2.77 bits per heavy atom. The molecule has 0 aliphatic rings. The maximum atomic E-state index is 12.4. The molecule has 3 rings (SSSR count). The molecule has 1 amide bonds. The van der Waals surface area contributed by atoms with Gasteiger partial charge in [0.05, 0.1) is 15.2 Å². The lowest BCUT2D eigenvalue weighted by atomic mass is 10.2. The normalized spacial score (nSPS) is 11.3. The van der Waals surface area contributed by atoms with Gasteiger partial charge in [-0.25, -0.2) is 4.98 Å². The zero-order valence-electron chi connectivity index (χ0n) is 13.7. The lowest BCUT2D eigenvalue weighted by Gasteiger charge is -2.07. The number of carbonyl (C=O) groups is 1. The number of carbonyl (C=O) groups excluding carboxylic acids is 1. The third kappa shape index (κ3) is 4.86. The van der Waals surface area contributed by atoms with E-state index in [9.17, 15) is 13.6 Å². The first-order chi connectivity index (χ1) is 12.6. The van der Waals surface area contributed by atoms with Gasteiger partial charge < -0.3 is 10.1 Å². The predicted octanol–water partition coefficient (Wildman–Crippen LogP) is 4.27. The Hall–Kier alpha value is -2.80. The molecule has 0 saturated carbocycles. The summed E-state index contributed by atoms with van der Waals surface area (Å²) in [5.41, 5.74) is 1.36. The number of hydrogen-bond donors (Lipinski definition) is 1. The third-order valence-corrected chi connectivity index (χ3v) is 4.62. The molecule has 0 spiro atoms. The SMILES string of the molecule is O=C(/C=C/c1ccccc1OC(F)F)NCCc1nc2ccccc2s1. The zero-order chi connectivity index (χ0) is 18.4. The molecular weight excluding hydrogens is 358 g/mol. The second-order valence-corrected chi connectivity index (χ2v) is 6.48. The number of nitrogens with one attached hydrogen (secondary N) is 1. The van der Waals surface area contributed by atoms with E-state index < -0.39 is 6.61 Å². The Kier molecular flexibility index (Phi) is 5.91. The molecular formula is C19H16F2N2O2S. The van der Waals surface area contributed by atoms with Crippen molar-refractivity contribution in [1.29, 1.82) is 0 Å². The molecule has 0 unspecified atom stereocenters. The van der Waals surface area contributed by atoms with E-state index in [1.807, 2.05) is 24.3 Å². The fourth-order valence-corrected chi connectivity index (χ4v) is 3.33. The Morgan fingerprint density at radius 2 is 1.96 bits per heavy atom. The van der Waals surface area contributed by atoms with Crippen molar-refractivity contribution in [3.63, 3.8) is 0 Å². The van der Waals surface area contributed by atoms with E-state index in [2.05, 4.69) is 15.0 Å². The Morgan fingerprint density at radius 1 is 1.19 bits per heavy atom. The quantitative estimate of drug-likeness (QED) is 0.629. The maximum Gasteiger partial charge on any atom is 0.387 e. The topological polar surface area (TPSA) is 51.2 Å². The van der Waals surface area contributed by atoms with Crippen LogP contribution in [0.3, 0.4) is 0 Å². The first-order valence-corrected chi connectivity index (χ1v) is 8.77. The highest BCUT2D eigenvalue weighted by Gasteiger charge is 2.07. The van der Waals surface area contributed by atoms with E-state index >= 15 is 0 Å². The van der Waals surface area contributed by atoms with Crippen molar-refractivity contribution in [3.05, 3.63) is 65.2 Å². The van der Waals surface area contributed by atoms with Gasteiger partial charge in [0, 0.05) is 24.6 Å². The minimum atomic E-state index is -2.91. The van der Waals surface area contributed by atoms with Crippen molar-refractivity contribution < 1.29 is 18.3 Å². The number of hydrogen-bond acceptors (Lipinski definition) is 4. The summed E-state index contributed by atoms with van der Waals surface area (Å²) < 4.78 is 30.3.